The Kier molecular flexibility index (Phi) is 4.31. The van der Waals surface area contributed by atoms with Gasteiger partial charge >= 0.3 is 0 Å². The summed E-state index contributed by atoms with van der Waals surface area (Å²) in [7, 11) is 0. The maximum atomic E-state index is 9.82. The van der Waals surface area contributed by atoms with E-state index >= 15 is 0 Å². The lowest BCUT2D eigenvalue weighted by Gasteiger charge is -2.38. The molecular weight excluding hydrogens is 274 g/mol. The Labute approximate surface area is 133 Å². The second kappa shape index (κ2) is 6.05. The first kappa shape index (κ1) is 15.0. The molecule has 1 aliphatic carbocycles. The van der Waals surface area contributed by atoms with Gasteiger partial charge in [0.15, 0.2) is 0 Å². The molecule has 2 heteroatoms. The minimum atomic E-state index is -0.0614. The SMILES string of the molecule is CC(C)C1CCC(C#N)(CC2CSc3ccccc32)CC1. The van der Waals surface area contributed by atoms with Crippen LogP contribution in [0.1, 0.15) is 57.4 Å². The van der Waals surface area contributed by atoms with Crippen molar-refractivity contribution in [1.29, 1.82) is 5.26 Å². The van der Waals surface area contributed by atoms with E-state index in [-0.39, 0.29) is 5.41 Å². The summed E-state index contributed by atoms with van der Waals surface area (Å²) >= 11 is 1.97. The molecule has 112 valence electrons. The van der Waals surface area contributed by atoms with E-state index in [2.05, 4.69) is 44.2 Å². The molecule has 1 fully saturated rings. The molecular formula is C19H25NS. The molecule has 1 aliphatic heterocycles. The lowest BCUT2D eigenvalue weighted by Crippen LogP contribution is -2.29. The van der Waals surface area contributed by atoms with Crippen LogP contribution in [0.2, 0.25) is 0 Å². The topological polar surface area (TPSA) is 23.8 Å². The van der Waals surface area contributed by atoms with Crippen LogP contribution >= 0.6 is 11.8 Å². The predicted octanol–water partition coefficient (Wildman–Crippen LogP) is 5.62. The molecule has 1 nitrogen and oxygen atoms in total. The van der Waals surface area contributed by atoms with Gasteiger partial charge in [0.05, 0.1) is 11.5 Å². The van der Waals surface area contributed by atoms with Crippen LogP contribution in [0.4, 0.5) is 0 Å². The van der Waals surface area contributed by atoms with Crippen molar-refractivity contribution in [3.63, 3.8) is 0 Å². The van der Waals surface area contributed by atoms with Crippen LogP contribution in [0.5, 0.6) is 0 Å². The normalized spacial score (nSPS) is 31.9. The Morgan fingerprint density at radius 1 is 1.29 bits per heavy atom. The Morgan fingerprint density at radius 2 is 2.00 bits per heavy atom. The molecule has 0 saturated heterocycles. The van der Waals surface area contributed by atoms with Crippen molar-refractivity contribution in [2.24, 2.45) is 17.3 Å². The zero-order valence-electron chi connectivity index (χ0n) is 13.1. The van der Waals surface area contributed by atoms with Crippen LogP contribution in [-0.2, 0) is 0 Å². The van der Waals surface area contributed by atoms with Gasteiger partial charge in [0.1, 0.15) is 0 Å². The smallest absolute Gasteiger partial charge is 0.0689 e. The molecule has 3 rings (SSSR count). The van der Waals surface area contributed by atoms with E-state index in [1.54, 1.807) is 0 Å². The standard InChI is InChI=1S/C19H25NS/c1-14(2)15-7-9-19(13-20,10-8-15)11-16-12-21-18-6-4-3-5-17(16)18/h3-6,14-16H,7-12H2,1-2H3. The fraction of sp³-hybridized carbons (Fsp3) is 0.632. The van der Waals surface area contributed by atoms with Gasteiger partial charge in [-0.3, -0.25) is 0 Å². The summed E-state index contributed by atoms with van der Waals surface area (Å²) in [5.41, 5.74) is 1.43. The number of nitrogens with zero attached hydrogens (tertiary/aromatic N) is 1. The van der Waals surface area contributed by atoms with Crippen molar-refractivity contribution < 1.29 is 0 Å². The Balaban J connectivity index is 1.71. The quantitative estimate of drug-likeness (QED) is 0.723. The molecule has 21 heavy (non-hydrogen) atoms. The van der Waals surface area contributed by atoms with Gasteiger partial charge in [-0.25, -0.2) is 0 Å². The third kappa shape index (κ3) is 2.99. The largest absolute Gasteiger partial charge is 0.198 e. The predicted molar refractivity (Wildman–Crippen MR) is 89.4 cm³/mol. The Morgan fingerprint density at radius 3 is 2.67 bits per heavy atom. The highest BCUT2D eigenvalue weighted by atomic mass is 32.2. The summed E-state index contributed by atoms with van der Waals surface area (Å²) in [5, 5.41) is 9.82. The van der Waals surface area contributed by atoms with Gasteiger partial charge in [0.25, 0.3) is 0 Å². The van der Waals surface area contributed by atoms with E-state index in [4.69, 9.17) is 0 Å². The van der Waals surface area contributed by atoms with Gasteiger partial charge in [-0.05, 0) is 61.5 Å². The monoisotopic (exact) mass is 299 g/mol. The number of benzene rings is 1. The number of thioether (sulfide) groups is 1. The molecule has 1 aromatic rings. The zero-order chi connectivity index (χ0) is 14.9. The van der Waals surface area contributed by atoms with Gasteiger partial charge in [-0.1, -0.05) is 32.0 Å². The summed E-state index contributed by atoms with van der Waals surface area (Å²) in [6.45, 7) is 4.65. The summed E-state index contributed by atoms with van der Waals surface area (Å²) in [6.07, 6.45) is 5.77. The van der Waals surface area contributed by atoms with Gasteiger partial charge in [-0.15, -0.1) is 11.8 Å². The lowest BCUT2D eigenvalue weighted by molar-refractivity contribution is 0.160. The van der Waals surface area contributed by atoms with E-state index < -0.39 is 0 Å². The molecule has 1 unspecified atom stereocenters. The fourth-order valence-corrected chi connectivity index (χ4v) is 5.35. The van der Waals surface area contributed by atoms with E-state index in [0.29, 0.717) is 5.92 Å². The number of fused-ring (bicyclic) bond motifs is 1. The molecule has 0 spiro atoms. The van der Waals surface area contributed by atoms with Crippen LogP contribution in [0, 0.1) is 28.6 Å². The first-order valence-electron chi connectivity index (χ1n) is 8.26. The minimum Gasteiger partial charge on any atom is -0.198 e. The zero-order valence-corrected chi connectivity index (χ0v) is 14.0. The third-order valence-electron chi connectivity index (χ3n) is 5.60. The maximum Gasteiger partial charge on any atom is 0.0689 e. The van der Waals surface area contributed by atoms with E-state index in [1.807, 2.05) is 11.8 Å². The molecule has 0 N–H and O–H groups in total. The Hall–Kier alpha value is -0.940. The van der Waals surface area contributed by atoms with Crippen LogP contribution < -0.4 is 0 Å². The summed E-state index contributed by atoms with van der Waals surface area (Å²) in [4.78, 5) is 1.44. The van der Waals surface area contributed by atoms with Crippen molar-refractivity contribution in [3.05, 3.63) is 29.8 Å². The molecule has 1 aromatic carbocycles. The second-order valence-electron chi connectivity index (χ2n) is 7.22. The average molecular weight is 299 g/mol. The van der Waals surface area contributed by atoms with Crippen molar-refractivity contribution in [2.45, 2.75) is 56.8 Å². The number of rotatable bonds is 3. The number of nitriles is 1. The molecule has 0 radical (unpaired) electrons. The lowest BCUT2D eigenvalue weighted by atomic mass is 9.65. The van der Waals surface area contributed by atoms with Crippen LogP contribution in [0.15, 0.2) is 29.2 Å². The van der Waals surface area contributed by atoms with Crippen molar-refractivity contribution in [3.8, 4) is 6.07 Å². The minimum absolute atomic E-state index is 0.0614. The van der Waals surface area contributed by atoms with E-state index in [1.165, 1.54) is 23.3 Å². The molecule has 1 saturated carbocycles. The highest BCUT2D eigenvalue weighted by Crippen LogP contribution is 2.50. The first-order valence-corrected chi connectivity index (χ1v) is 9.25. The van der Waals surface area contributed by atoms with Crippen LogP contribution in [-0.4, -0.2) is 5.75 Å². The maximum absolute atomic E-state index is 9.82. The molecule has 0 bridgehead atoms. The Bertz CT molecular complexity index is 535. The molecule has 2 aliphatic rings. The van der Waals surface area contributed by atoms with Crippen LogP contribution in [0.3, 0.4) is 0 Å². The average Bonchev–Trinajstić information content (AvgIpc) is 2.91. The van der Waals surface area contributed by atoms with E-state index in [9.17, 15) is 5.26 Å². The summed E-state index contributed by atoms with van der Waals surface area (Å²) in [6, 6.07) is 11.5. The number of hydrogen-bond donors (Lipinski definition) is 0. The molecule has 1 heterocycles. The summed E-state index contributed by atoms with van der Waals surface area (Å²) < 4.78 is 0. The second-order valence-corrected chi connectivity index (χ2v) is 8.29. The molecule has 0 aromatic heterocycles. The van der Waals surface area contributed by atoms with Gasteiger partial charge in [0, 0.05) is 10.6 Å². The van der Waals surface area contributed by atoms with Gasteiger partial charge in [-0.2, -0.15) is 5.26 Å². The molecule has 0 amide bonds. The highest BCUT2D eigenvalue weighted by Gasteiger charge is 2.39. The van der Waals surface area contributed by atoms with E-state index in [0.717, 1.165) is 36.9 Å². The highest BCUT2D eigenvalue weighted by molar-refractivity contribution is 7.99. The van der Waals surface area contributed by atoms with Crippen molar-refractivity contribution >= 4 is 11.8 Å². The summed E-state index contributed by atoms with van der Waals surface area (Å²) in [5.74, 6) is 3.35. The third-order valence-corrected chi connectivity index (χ3v) is 6.86. The number of hydrogen-bond acceptors (Lipinski definition) is 2. The van der Waals surface area contributed by atoms with Gasteiger partial charge in [0.2, 0.25) is 0 Å². The van der Waals surface area contributed by atoms with Crippen molar-refractivity contribution in [2.75, 3.05) is 5.75 Å². The van der Waals surface area contributed by atoms with Crippen molar-refractivity contribution in [1.82, 2.24) is 0 Å². The molecule has 1 atom stereocenters. The first-order chi connectivity index (χ1) is 10.1. The van der Waals surface area contributed by atoms with Crippen LogP contribution in [0.25, 0.3) is 0 Å². The van der Waals surface area contributed by atoms with Gasteiger partial charge < -0.3 is 0 Å². The fourth-order valence-electron chi connectivity index (χ4n) is 4.09.